The fraction of sp³-hybridized carbons (Fsp3) is 0.0794. The normalized spacial score (nSPS) is 12.7. The number of benzene rings is 10. The Balaban J connectivity index is 1.30. The van der Waals surface area contributed by atoms with E-state index in [0.29, 0.717) is 0 Å². The lowest BCUT2D eigenvalue weighted by atomic mass is 9.90. The zero-order valence-corrected chi connectivity index (χ0v) is 37.4. The number of fused-ring (bicyclic) bond motifs is 4. The molecule has 2 heteroatoms. The van der Waals surface area contributed by atoms with Crippen LogP contribution in [0.3, 0.4) is 0 Å². The van der Waals surface area contributed by atoms with Crippen molar-refractivity contribution in [1.29, 1.82) is 0 Å². The first kappa shape index (κ1) is 39.9. The van der Waals surface area contributed by atoms with E-state index in [4.69, 9.17) is 0 Å². The first-order valence-electron chi connectivity index (χ1n) is 22.7. The smallest absolute Gasteiger partial charge is 0.0620 e. The highest BCUT2D eigenvalue weighted by atomic mass is 15.2. The minimum atomic E-state index is 0.783. The monoisotopic (exact) mass is 834 g/mol. The van der Waals surface area contributed by atoms with Crippen LogP contribution in [0.1, 0.15) is 30.0 Å². The molecule has 10 aromatic rings. The van der Waals surface area contributed by atoms with E-state index in [-0.39, 0.29) is 0 Å². The predicted octanol–water partition coefficient (Wildman–Crippen LogP) is 18.0. The molecule has 65 heavy (non-hydrogen) atoms. The molecule has 0 aliphatic heterocycles. The molecule has 0 spiro atoms. The fourth-order valence-electron chi connectivity index (χ4n) is 9.57. The third kappa shape index (κ3) is 7.58. The average Bonchev–Trinajstić information content (AvgIpc) is 3.57. The van der Waals surface area contributed by atoms with Crippen LogP contribution in [0.5, 0.6) is 0 Å². The van der Waals surface area contributed by atoms with Crippen LogP contribution in [0.4, 0.5) is 28.4 Å². The Bertz CT molecular complexity index is 3490. The molecule has 312 valence electrons. The molecule has 1 aliphatic rings. The molecule has 1 aliphatic carbocycles. The minimum Gasteiger partial charge on any atom is -0.313 e. The second-order valence-electron chi connectivity index (χ2n) is 17.7. The summed E-state index contributed by atoms with van der Waals surface area (Å²) >= 11 is 0. The van der Waals surface area contributed by atoms with Crippen molar-refractivity contribution in [3.05, 3.63) is 246 Å². The largest absolute Gasteiger partial charge is 0.313 e. The molecule has 0 fully saturated rings. The van der Waals surface area contributed by atoms with Crippen molar-refractivity contribution >= 4 is 71.5 Å². The summed E-state index contributed by atoms with van der Waals surface area (Å²) in [5, 5.41) is 9.63. The van der Waals surface area contributed by atoms with Crippen molar-refractivity contribution in [2.75, 3.05) is 9.80 Å². The van der Waals surface area contributed by atoms with Crippen LogP contribution < -0.4 is 9.80 Å². The molecule has 0 atom stereocenters. The first-order chi connectivity index (χ1) is 31.8. The van der Waals surface area contributed by atoms with Crippen molar-refractivity contribution in [3.63, 3.8) is 0 Å². The highest BCUT2D eigenvalue weighted by molar-refractivity contribution is 6.24. The summed E-state index contributed by atoms with van der Waals surface area (Å²) in [6.07, 6.45) is 9.91. The quantitative estimate of drug-likeness (QED) is 0.111. The van der Waals surface area contributed by atoms with E-state index < -0.39 is 0 Å². The summed E-state index contributed by atoms with van der Waals surface area (Å²) in [4.78, 5) is 5.03. The molecule has 0 N–H and O–H groups in total. The van der Waals surface area contributed by atoms with Crippen molar-refractivity contribution in [2.45, 2.75) is 34.1 Å². The van der Waals surface area contributed by atoms with Crippen LogP contribution in [0.15, 0.2) is 230 Å². The summed E-state index contributed by atoms with van der Waals surface area (Å²) in [5.74, 6) is 0. The zero-order chi connectivity index (χ0) is 44.0. The van der Waals surface area contributed by atoms with Crippen LogP contribution in [0.2, 0.25) is 0 Å². The van der Waals surface area contributed by atoms with Gasteiger partial charge in [0.05, 0.1) is 11.4 Å². The number of allylic oxidation sites excluding steroid dienone is 5. The lowest BCUT2D eigenvalue weighted by Crippen LogP contribution is -2.18. The maximum Gasteiger partial charge on any atom is 0.0620 e. The van der Waals surface area contributed by atoms with Gasteiger partial charge in [0, 0.05) is 50.7 Å². The molecular weight excluding hydrogens is 785 g/mol. The summed E-state index contributed by atoms with van der Waals surface area (Å²) in [6, 6.07) is 72.4. The minimum absolute atomic E-state index is 0.783. The Morgan fingerprint density at radius 3 is 1.22 bits per heavy atom. The van der Waals surface area contributed by atoms with E-state index >= 15 is 0 Å². The van der Waals surface area contributed by atoms with E-state index in [0.717, 1.165) is 34.9 Å². The topological polar surface area (TPSA) is 6.48 Å². The summed E-state index contributed by atoms with van der Waals surface area (Å²) in [6.45, 7) is 8.68. The number of hydrogen-bond donors (Lipinski definition) is 0. The Hall–Kier alpha value is -7.94. The van der Waals surface area contributed by atoms with Gasteiger partial charge >= 0.3 is 0 Å². The van der Waals surface area contributed by atoms with Gasteiger partial charge < -0.3 is 9.80 Å². The van der Waals surface area contributed by atoms with Gasteiger partial charge in [-0.3, -0.25) is 0 Å². The molecule has 0 radical (unpaired) electrons. The van der Waals surface area contributed by atoms with E-state index in [1.165, 1.54) is 93.3 Å². The Kier molecular flexibility index (Phi) is 10.2. The third-order valence-corrected chi connectivity index (χ3v) is 13.1. The number of hydrogen-bond acceptors (Lipinski definition) is 2. The van der Waals surface area contributed by atoms with Gasteiger partial charge in [0.15, 0.2) is 0 Å². The van der Waals surface area contributed by atoms with Gasteiger partial charge in [-0.05, 0) is 138 Å². The molecule has 11 rings (SSSR count). The number of aryl methyl sites for hydroxylation is 3. The van der Waals surface area contributed by atoms with E-state index in [1.807, 2.05) is 0 Å². The highest BCUT2D eigenvalue weighted by Crippen LogP contribution is 2.52. The van der Waals surface area contributed by atoms with Gasteiger partial charge in [-0.15, -0.1) is 0 Å². The number of nitrogens with zero attached hydrogens (tertiary/aromatic N) is 2. The molecule has 0 bridgehead atoms. The van der Waals surface area contributed by atoms with Gasteiger partial charge in [-0.1, -0.05) is 174 Å². The number of rotatable bonds is 8. The van der Waals surface area contributed by atoms with Crippen LogP contribution >= 0.6 is 0 Å². The van der Waals surface area contributed by atoms with Crippen LogP contribution in [-0.2, 0) is 0 Å². The molecule has 0 saturated heterocycles. The highest BCUT2D eigenvalue weighted by Gasteiger charge is 2.27. The van der Waals surface area contributed by atoms with E-state index in [2.05, 4.69) is 256 Å². The maximum atomic E-state index is 2.54. The standard InChI is InChI=1S/C63H50N2/c1-42-10-9-15-54(29-16-42)64(55-30-17-43(2)18-31-55)62-58-36-27-53(51-26-24-47-12-6-8-14-49(47)39-51)41-61(58)63(65(56-32-19-44(3)20-33-56)57-34-21-45(4)22-35-57)59-37-28-52(40-60(59)62)50-25-23-46-11-5-7-13-48(46)38-50/h5-14,16-41H,15H2,1-4H3. The SMILES string of the molecule is CC1=CC=C(N(c2ccc(C)cc2)c2c3cc(-c4ccc5ccccc5c4)ccc3c(N(c3ccc(C)cc3)c3ccc(C)cc3)c3cc(-c4ccc5ccccc5c4)ccc23)CC=C1. The molecule has 10 aromatic carbocycles. The second kappa shape index (κ2) is 16.6. The second-order valence-corrected chi connectivity index (χ2v) is 17.7. The van der Waals surface area contributed by atoms with E-state index in [1.54, 1.807) is 0 Å². The molecular formula is C63H50N2. The van der Waals surface area contributed by atoms with Crippen molar-refractivity contribution in [1.82, 2.24) is 0 Å². The third-order valence-electron chi connectivity index (χ3n) is 13.1. The Morgan fingerprint density at radius 1 is 0.338 bits per heavy atom. The maximum absolute atomic E-state index is 2.54. The van der Waals surface area contributed by atoms with Crippen LogP contribution in [0.25, 0.3) is 65.3 Å². The predicted molar refractivity (Wildman–Crippen MR) is 280 cm³/mol. The lowest BCUT2D eigenvalue weighted by molar-refractivity contribution is 1.09. The van der Waals surface area contributed by atoms with Crippen LogP contribution in [0, 0.1) is 20.8 Å². The Labute approximate surface area is 382 Å². The van der Waals surface area contributed by atoms with Gasteiger partial charge in [0.2, 0.25) is 0 Å². The van der Waals surface area contributed by atoms with Gasteiger partial charge in [0.25, 0.3) is 0 Å². The van der Waals surface area contributed by atoms with Crippen LogP contribution in [-0.4, -0.2) is 0 Å². The zero-order valence-electron chi connectivity index (χ0n) is 37.4. The van der Waals surface area contributed by atoms with Gasteiger partial charge in [0.1, 0.15) is 0 Å². The van der Waals surface area contributed by atoms with Gasteiger partial charge in [-0.2, -0.15) is 0 Å². The molecule has 2 nitrogen and oxygen atoms in total. The van der Waals surface area contributed by atoms with Crippen molar-refractivity contribution < 1.29 is 0 Å². The summed E-state index contributed by atoms with van der Waals surface area (Å²) in [7, 11) is 0. The first-order valence-corrected chi connectivity index (χ1v) is 22.7. The molecule has 0 amide bonds. The Morgan fingerprint density at radius 2 is 0.738 bits per heavy atom. The van der Waals surface area contributed by atoms with E-state index in [9.17, 15) is 0 Å². The molecule has 0 aromatic heterocycles. The summed E-state index contributed by atoms with van der Waals surface area (Å²) < 4.78 is 0. The number of anilines is 5. The van der Waals surface area contributed by atoms with Crippen molar-refractivity contribution in [3.8, 4) is 22.3 Å². The van der Waals surface area contributed by atoms with Crippen molar-refractivity contribution in [2.24, 2.45) is 0 Å². The summed E-state index contributed by atoms with van der Waals surface area (Å²) in [5.41, 5.74) is 16.5. The molecule has 0 heterocycles. The van der Waals surface area contributed by atoms with Gasteiger partial charge in [-0.25, -0.2) is 0 Å². The lowest BCUT2D eigenvalue weighted by Gasteiger charge is -2.34. The fourth-order valence-corrected chi connectivity index (χ4v) is 9.57. The molecule has 0 unspecified atom stereocenters. The molecule has 0 saturated carbocycles. The average molecular weight is 835 g/mol.